The Kier molecular flexibility index (Phi) is 10.7. The highest BCUT2D eigenvalue weighted by Gasteiger charge is 2.67. The monoisotopic (exact) mass is 644 g/mol. The van der Waals surface area contributed by atoms with Crippen molar-refractivity contribution in [3.8, 4) is 0 Å². The summed E-state index contributed by atoms with van der Waals surface area (Å²) in [5, 5.41) is 0. The van der Waals surface area contributed by atoms with E-state index in [1.807, 2.05) is 12.2 Å². The van der Waals surface area contributed by atoms with Gasteiger partial charge in [0.1, 0.15) is 19.3 Å². The first-order valence-electron chi connectivity index (χ1n) is 17.3. The first-order valence-corrected chi connectivity index (χ1v) is 17.3. The predicted octanol–water partition coefficient (Wildman–Crippen LogP) is 5.41. The molecule has 10 heteroatoms. The summed E-state index contributed by atoms with van der Waals surface area (Å²) in [6.45, 7) is 8.75. The largest absolute Gasteiger partial charge is 0.465 e. The topological polar surface area (TPSA) is 127 Å². The molecular weight excluding hydrogens is 592 g/mol. The molecule has 10 nitrogen and oxygen atoms in total. The van der Waals surface area contributed by atoms with Crippen LogP contribution in [0.15, 0.2) is 23.8 Å². The zero-order valence-electron chi connectivity index (χ0n) is 28.2. The summed E-state index contributed by atoms with van der Waals surface area (Å²) in [7, 11) is 1.74. The van der Waals surface area contributed by atoms with Gasteiger partial charge in [0.05, 0.1) is 23.9 Å². The van der Waals surface area contributed by atoms with Gasteiger partial charge in [0.15, 0.2) is 6.10 Å². The number of ether oxygens (including phenoxy) is 6. The van der Waals surface area contributed by atoms with E-state index in [0.29, 0.717) is 30.9 Å². The van der Waals surface area contributed by atoms with Crippen LogP contribution >= 0.6 is 0 Å². The summed E-state index contributed by atoms with van der Waals surface area (Å²) in [5.41, 5.74) is -0.748. The molecule has 4 unspecified atom stereocenters. The molecule has 0 N–H and O–H groups in total. The molecule has 0 aromatic heterocycles. The summed E-state index contributed by atoms with van der Waals surface area (Å²) < 4.78 is 34.4. The minimum Gasteiger partial charge on any atom is -0.465 e. The number of hydrogen-bond donors (Lipinski definition) is 0. The third-order valence-corrected chi connectivity index (χ3v) is 11.8. The maximum atomic E-state index is 12.9. The molecule has 5 fully saturated rings. The molecule has 5 rings (SSSR count). The van der Waals surface area contributed by atoms with Crippen LogP contribution in [0.1, 0.15) is 98.3 Å². The average molecular weight is 645 g/mol. The van der Waals surface area contributed by atoms with Crippen LogP contribution in [0.2, 0.25) is 0 Å². The van der Waals surface area contributed by atoms with Crippen LogP contribution < -0.4 is 0 Å². The van der Waals surface area contributed by atoms with Gasteiger partial charge in [0.25, 0.3) is 0 Å². The van der Waals surface area contributed by atoms with E-state index in [0.717, 1.165) is 44.9 Å². The van der Waals surface area contributed by atoms with Crippen LogP contribution in [0.5, 0.6) is 0 Å². The van der Waals surface area contributed by atoms with Crippen LogP contribution in [-0.2, 0) is 47.6 Å². The molecule has 0 radical (unpaired) electrons. The van der Waals surface area contributed by atoms with Crippen LogP contribution in [0.4, 0.5) is 0 Å². The standard InChI is InChI=1S/C36H52O10/c1-6-30(37)43-21-35(4)27-16-19-36(22-44-36)28(34(27,3)18-17-29(35)46-31(38)7-2)14-13-25-26(20-42-33(25)40)45-32(39)15-10-23-8-11-24(41-5)12-9-23/h10,13,15,23-24,26-29H,6-9,11-12,14,16-22H2,1-5H3/b15-10+,25-13+/t23?,24?,26?,27?,28?,29?,34-,35-,36-/m0/s1. The molecule has 0 bridgehead atoms. The molecule has 3 aliphatic carbocycles. The van der Waals surface area contributed by atoms with Crippen LogP contribution in [0.3, 0.4) is 0 Å². The number of carbonyl (C=O) groups excluding carboxylic acids is 4. The minimum absolute atomic E-state index is 0.000734. The van der Waals surface area contributed by atoms with E-state index in [1.165, 1.54) is 6.08 Å². The molecule has 2 aliphatic heterocycles. The van der Waals surface area contributed by atoms with Gasteiger partial charge in [0, 0.05) is 31.4 Å². The summed E-state index contributed by atoms with van der Waals surface area (Å²) in [6, 6.07) is 0. The van der Waals surface area contributed by atoms with Crippen LogP contribution in [0, 0.1) is 28.6 Å². The zero-order valence-corrected chi connectivity index (χ0v) is 28.2. The molecule has 1 spiro atoms. The Morgan fingerprint density at radius 1 is 0.957 bits per heavy atom. The molecular formula is C36H52O10. The quantitative estimate of drug-likeness (QED) is 0.125. The summed E-state index contributed by atoms with van der Waals surface area (Å²) >= 11 is 0. The van der Waals surface area contributed by atoms with Gasteiger partial charge in [-0.15, -0.1) is 0 Å². The maximum absolute atomic E-state index is 12.9. The van der Waals surface area contributed by atoms with Gasteiger partial charge < -0.3 is 28.4 Å². The molecule has 46 heavy (non-hydrogen) atoms. The van der Waals surface area contributed by atoms with Crippen LogP contribution in [-0.4, -0.2) is 74.7 Å². The smallest absolute Gasteiger partial charge is 0.337 e. The lowest BCUT2D eigenvalue weighted by atomic mass is 9.45. The second kappa shape index (κ2) is 14.2. The second-order valence-corrected chi connectivity index (χ2v) is 14.4. The molecule has 5 aliphatic rings. The Morgan fingerprint density at radius 3 is 2.33 bits per heavy atom. The predicted molar refractivity (Wildman–Crippen MR) is 167 cm³/mol. The number of hydrogen-bond acceptors (Lipinski definition) is 10. The third kappa shape index (κ3) is 7.08. The lowest BCUT2D eigenvalue weighted by molar-refractivity contribution is -0.203. The fourth-order valence-corrected chi connectivity index (χ4v) is 8.98. The Balaban J connectivity index is 1.32. The number of methoxy groups -OCH3 is 1. The molecule has 3 saturated carbocycles. The first-order chi connectivity index (χ1) is 22.0. The number of allylic oxidation sites excluding steroid dienone is 2. The Bertz CT molecular complexity index is 1210. The molecule has 0 aromatic rings. The number of esters is 4. The Labute approximate surface area is 272 Å². The minimum atomic E-state index is -0.764. The van der Waals surface area contributed by atoms with Crippen molar-refractivity contribution in [1.29, 1.82) is 0 Å². The highest BCUT2D eigenvalue weighted by Crippen LogP contribution is 2.66. The van der Waals surface area contributed by atoms with E-state index in [2.05, 4.69) is 13.8 Å². The molecule has 2 saturated heterocycles. The molecule has 2 heterocycles. The SMILES string of the molecule is CCC(=O)OC[C@]1(C)C(OC(=O)CC)CC[C@]2(C)C(C/C=C3/C(=O)OCC3OC(=O)/C=C/C3CCC(OC)CC3)[C@]3(CCC12)CO3. The van der Waals surface area contributed by atoms with Crippen LogP contribution in [0.25, 0.3) is 0 Å². The maximum Gasteiger partial charge on any atom is 0.337 e. The number of rotatable bonds is 11. The molecule has 256 valence electrons. The van der Waals surface area contributed by atoms with E-state index in [1.54, 1.807) is 21.0 Å². The van der Waals surface area contributed by atoms with Crippen molar-refractivity contribution in [2.24, 2.45) is 28.6 Å². The Morgan fingerprint density at radius 2 is 1.67 bits per heavy atom. The number of carbonyl (C=O) groups is 4. The average Bonchev–Trinajstić information content (AvgIpc) is 3.74. The summed E-state index contributed by atoms with van der Waals surface area (Å²) in [6.07, 6.45) is 12.5. The van der Waals surface area contributed by atoms with E-state index in [9.17, 15) is 19.2 Å². The number of fused-ring (bicyclic) bond motifs is 1. The van der Waals surface area contributed by atoms with Crippen molar-refractivity contribution < 1.29 is 47.6 Å². The van der Waals surface area contributed by atoms with E-state index < -0.39 is 23.5 Å². The van der Waals surface area contributed by atoms with E-state index >= 15 is 0 Å². The molecule has 7 atom stereocenters. The zero-order chi connectivity index (χ0) is 33.1. The van der Waals surface area contributed by atoms with Gasteiger partial charge in [-0.2, -0.15) is 0 Å². The van der Waals surface area contributed by atoms with Crippen molar-refractivity contribution >= 4 is 23.9 Å². The molecule has 0 amide bonds. The third-order valence-electron chi connectivity index (χ3n) is 11.8. The molecule has 0 aromatic carbocycles. The normalized spacial score (nSPS) is 39.6. The number of epoxide rings is 1. The van der Waals surface area contributed by atoms with Gasteiger partial charge in [0.2, 0.25) is 0 Å². The highest BCUT2D eigenvalue weighted by molar-refractivity contribution is 5.93. The summed E-state index contributed by atoms with van der Waals surface area (Å²) in [4.78, 5) is 50.4. The first kappa shape index (κ1) is 34.6. The van der Waals surface area contributed by atoms with Crippen molar-refractivity contribution in [3.63, 3.8) is 0 Å². The Hall–Kier alpha value is -2.72. The van der Waals surface area contributed by atoms with E-state index in [4.69, 9.17) is 28.4 Å². The highest BCUT2D eigenvalue weighted by atomic mass is 16.6. The van der Waals surface area contributed by atoms with Gasteiger partial charge in [-0.3, -0.25) is 9.59 Å². The van der Waals surface area contributed by atoms with Crippen molar-refractivity contribution in [2.45, 2.75) is 122 Å². The van der Waals surface area contributed by atoms with Crippen molar-refractivity contribution in [3.05, 3.63) is 23.8 Å². The fourth-order valence-electron chi connectivity index (χ4n) is 8.98. The lowest BCUT2D eigenvalue weighted by Gasteiger charge is -2.61. The fraction of sp³-hybridized carbons (Fsp3) is 0.778. The van der Waals surface area contributed by atoms with Gasteiger partial charge >= 0.3 is 23.9 Å². The van der Waals surface area contributed by atoms with Gasteiger partial charge in [-0.05, 0) is 81.0 Å². The second-order valence-electron chi connectivity index (χ2n) is 14.4. The van der Waals surface area contributed by atoms with E-state index in [-0.39, 0.29) is 73.1 Å². The lowest BCUT2D eigenvalue weighted by Crippen LogP contribution is -2.61. The summed E-state index contributed by atoms with van der Waals surface area (Å²) in [5.74, 6) is -1.03. The number of cyclic esters (lactones) is 1. The van der Waals surface area contributed by atoms with Gasteiger partial charge in [-0.25, -0.2) is 9.59 Å². The van der Waals surface area contributed by atoms with Crippen molar-refractivity contribution in [2.75, 3.05) is 26.9 Å². The van der Waals surface area contributed by atoms with Crippen molar-refractivity contribution in [1.82, 2.24) is 0 Å². The van der Waals surface area contributed by atoms with Gasteiger partial charge in [-0.1, -0.05) is 39.8 Å².